The van der Waals surface area contributed by atoms with Gasteiger partial charge in [0.05, 0.1) is 10.5 Å². The van der Waals surface area contributed by atoms with Crippen LogP contribution in [0.2, 0.25) is 0 Å². The van der Waals surface area contributed by atoms with Crippen LogP contribution in [-0.2, 0) is 19.4 Å². The van der Waals surface area contributed by atoms with Gasteiger partial charge in [0.25, 0.3) is 0 Å². The zero-order chi connectivity index (χ0) is 17.0. The predicted octanol–water partition coefficient (Wildman–Crippen LogP) is 1.54. The molecule has 2 N–H and O–H groups in total. The number of aromatic carboxylic acids is 1. The summed E-state index contributed by atoms with van der Waals surface area (Å²) in [5.74, 6) is -1.30. The van der Waals surface area contributed by atoms with Crippen molar-refractivity contribution in [2.45, 2.75) is 24.2 Å². The molecule has 0 radical (unpaired) electrons. The van der Waals surface area contributed by atoms with Crippen LogP contribution in [0.5, 0.6) is 0 Å². The number of rotatable bonds is 5. The molecular weight excluding hydrogens is 322 g/mol. The van der Waals surface area contributed by atoms with Gasteiger partial charge in [-0.3, -0.25) is 4.79 Å². The Morgan fingerprint density at radius 2 is 1.91 bits per heavy atom. The van der Waals surface area contributed by atoms with Gasteiger partial charge in [-0.05, 0) is 37.0 Å². The van der Waals surface area contributed by atoms with Crippen LogP contribution in [0.1, 0.15) is 29.6 Å². The molecular formula is C15H19NO6S. The number of carbonyl (C=O) groups excluding carboxylic acids is 1. The first-order chi connectivity index (χ1) is 10.8. The van der Waals surface area contributed by atoms with Gasteiger partial charge in [0.2, 0.25) is 5.91 Å². The summed E-state index contributed by atoms with van der Waals surface area (Å²) in [5, 5.41) is 11.7. The lowest BCUT2D eigenvalue weighted by molar-refractivity contribution is -0.117. The number of benzene rings is 1. The summed E-state index contributed by atoms with van der Waals surface area (Å²) in [4.78, 5) is 23.0. The maximum Gasteiger partial charge on any atom is 0.335 e. The van der Waals surface area contributed by atoms with E-state index in [1.807, 2.05) is 0 Å². The van der Waals surface area contributed by atoms with Gasteiger partial charge < -0.3 is 15.2 Å². The van der Waals surface area contributed by atoms with Crippen molar-refractivity contribution in [3.63, 3.8) is 0 Å². The molecule has 1 heterocycles. The van der Waals surface area contributed by atoms with Crippen LogP contribution in [0.3, 0.4) is 0 Å². The predicted molar refractivity (Wildman–Crippen MR) is 83.3 cm³/mol. The van der Waals surface area contributed by atoms with Gasteiger partial charge >= 0.3 is 5.97 Å². The fraction of sp³-hybridized carbons (Fsp3) is 0.467. The first kappa shape index (κ1) is 17.4. The van der Waals surface area contributed by atoms with Crippen molar-refractivity contribution in [1.29, 1.82) is 0 Å². The summed E-state index contributed by atoms with van der Waals surface area (Å²) in [5.41, 5.74) is -0.0170. The van der Waals surface area contributed by atoms with Gasteiger partial charge in [-0.15, -0.1) is 0 Å². The van der Waals surface area contributed by atoms with Crippen LogP contribution in [0.15, 0.2) is 23.1 Å². The molecule has 23 heavy (non-hydrogen) atoms. The minimum absolute atomic E-state index is 0.140. The normalized spacial score (nSPS) is 16.0. The number of nitrogens with one attached hydrogen (secondary N) is 1. The number of ether oxygens (including phenoxy) is 1. The number of sulfone groups is 1. The Morgan fingerprint density at radius 3 is 2.48 bits per heavy atom. The summed E-state index contributed by atoms with van der Waals surface area (Å²) < 4.78 is 28.5. The molecule has 1 aliphatic rings. The summed E-state index contributed by atoms with van der Waals surface area (Å²) in [6.45, 7) is 1.26. The lowest BCUT2D eigenvalue weighted by Gasteiger charge is -2.21. The van der Waals surface area contributed by atoms with Gasteiger partial charge in [0.15, 0.2) is 9.84 Å². The molecule has 1 aromatic rings. The van der Waals surface area contributed by atoms with Gasteiger partial charge in [0.1, 0.15) is 0 Å². The third-order valence-corrected chi connectivity index (χ3v) is 4.77. The maximum atomic E-state index is 12.1. The second kappa shape index (κ2) is 7.10. The van der Waals surface area contributed by atoms with E-state index >= 15 is 0 Å². The molecule has 2 rings (SSSR count). The van der Waals surface area contributed by atoms with Crippen LogP contribution in [0.4, 0.5) is 5.69 Å². The highest BCUT2D eigenvalue weighted by Crippen LogP contribution is 2.22. The van der Waals surface area contributed by atoms with Crippen molar-refractivity contribution in [1.82, 2.24) is 0 Å². The zero-order valence-electron chi connectivity index (χ0n) is 12.7. The average molecular weight is 341 g/mol. The van der Waals surface area contributed by atoms with Crippen molar-refractivity contribution in [3.8, 4) is 0 Å². The third-order valence-electron chi connectivity index (χ3n) is 3.68. The maximum absolute atomic E-state index is 12.1. The fourth-order valence-electron chi connectivity index (χ4n) is 2.43. The number of anilines is 1. The minimum atomic E-state index is -3.58. The highest BCUT2D eigenvalue weighted by Gasteiger charge is 2.19. The summed E-state index contributed by atoms with van der Waals surface area (Å²) in [6.07, 6.45) is 2.89. The van der Waals surface area contributed by atoms with Crippen LogP contribution >= 0.6 is 0 Å². The summed E-state index contributed by atoms with van der Waals surface area (Å²) in [6, 6.07) is 3.59. The van der Waals surface area contributed by atoms with E-state index in [4.69, 9.17) is 9.84 Å². The molecule has 126 valence electrons. The van der Waals surface area contributed by atoms with Gasteiger partial charge in [-0.1, -0.05) is 0 Å². The van der Waals surface area contributed by atoms with E-state index in [-0.39, 0.29) is 28.0 Å². The standard InChI is InChI=1S/C15H19NO6S/c1-23(20,21)13-8-11(15(18)19)7-12(9-13)16-14(17)6-10-2-4-22-5-3-10/h7-10H,2-6H2,1H3,(H,16,17)(H,18,19). The van der Waals surface area contributed by atoms with E-state index in [1.54, 1.807) is 0 Å². The molecule has 1 fully saturated rings. The smallest absolute Gasteiger partial charge is 0.335 e. The molecule has 0 aliphatic carbocycles. The molecule has 1 saturated heterocycles. The minimum Gasteiger partial charge on any atom is -0.478 e. The van der Waals surface area contributed by atoms with Crippen LogP contribution in [0, 0.1) is 5.92 Å². The number of hydrogen-bond donors (Lipinski definition) is 2. The Kier molecular flexibility index (Phi) is 5.38. The molecule has 0 unspecified atom stereocenters. The van der Waals surface area contributed by atoms with E-state index in [9.17, 15) is 18.0 Å². The highest BCUT2D eigenvalue weighted by atomic mass is 32.2. The Morgan fingerprint density at radius 1 is 1.26 bits per heavy atom. The quantitative estimate of drug-likeness (QED) is 0.841. The number of carboxylic acid groups (broad SMARTS) is 1. The topological polar surface area (TPSA) is 110 Å². The molecule has 7 nitrogen and oxygen atoms in total. The lowest BCUT2D eigenvalue weighted by Crippen LogP contribution is -2.22. The first-order valence-corrected chi connectivity index (χ1v) is 9.11. The third kappa shape index (κ3) is 5.04. The number of carbonyl (C=O) groups is 2. The van der Waals surface area contributed by atoms with E-state index in [0.717, 1.165) is 25.2 Å². The molecule has 1 amide bonds. The van der Waals surface area contributed by atoms with Crippen LogP contribution in [0.25, 0.3) is 0 Å². The van der Waals surface area contributed by atoms with Crippen LogP contribution < -0.4 is 5.32 Å². The van der Waals surface area contributed by atoms with E-state index in [2.05, 4.69) is 5.32 Å². The molecule has 0 bridgehead atoms. The SMILES string of the molecule is CS(=O)(=O)c1cc(NC(=O)CC2CCOCC2)cc(C(=O)O)c1. The largest absolute Gasteiger partial charge is 0.478 e. The van der Waals surface area contributed by atoms with Crippen molar-refractivity contribution in [2.75, 3.05) is 24.8 Å². The van der Waals surface area contributed by atoms with Gasteiger partial charge in [0, 0.05) is 31.6 Å². The monoisotopic (exact) mass is 341 g/mol. The number of hydrogen-bond acceptors (Lipinski definition) is 5. The Hall–Kier alpha value is -1.93. The van der Waals surface area contributed by atoms with E-state index < -0.39 is 15.8 Å². The molecule has 0 spiro atoms. The molecule has 8 heteroatoms. The van der Waals surface area contributed by atoms with Crippen molar-refractivity contribution in [3.05, 3.63) is 23.8 Å². The fourth-order valence-corrected chi connectivity index (χ4v) is 3.12. The van der Waals surface area contributed by atoms with Crippen molar-refractivity contribution in [2.24, 2.45) is 5.92 Å². The molecule has 0 aromatic heterocycles. The van der Waals surface area contributed by atoms with E-state index in [1.165, 1.54) is 12.1 Å². The second-order valence-electron chi connectivity index (χ2n) is 5.63. The average Bonchev–Trinajstić information content (AvgIpc) is 2.46. The van der Waals surface area contributed by atoms with E-state index in [0.29, 0.717) is 19.6 Å². The van der Waals surface area contributed by atoms with Gasteiger partial charge in [-0.2, -0.15) is 0 Å². The first-order valence-electron chi connectivity index (χ1n) is 7.22. The Balaban J connectivity index is 2.16. The zero-order valence-corrected chi connectivity index (χ0v) is 13.6. The molecule has 0 atom stereocenters. The van der Waals surface area contributed by atoms with Gasteiger partial charge in [-0.25, -0.2) is 13.2 Å². The Bertz CT molecular complexity index is 707. The number of carboxylic acids is 1. The van der Waals surface area contributed by atoms with Crippen LogP contribution in [-0.4, -0.2) is 44.9 Å². The lowest BCUT2D eigenvalue weighted by atomic mass is 9.96. The van der Waals surface area contributed by atoms with Crippen molar-refractivity contribution >= 4 is 27.4 Å². The van der Waals surface area contributed by atoms with Crippen molar-refractivity contribution < 1.29 is 27.9 Å². The molecule has 1 aromatic carbocycles. The molecule has 0 saturated carbocycles. The molecule has 1 aliphatic heterocycles. The summed E-state index contributed by atoms with van der Waals surface area (Å²) >= 11 is 0. The highest BCUT2D eigenvalue weighted by molar-refractivity contribution is 7.90. The Labute approximate surface area is 134 Å². The summed E-state index contributed by atoms with van der Waals surface area (Å²) in [7, 11) is -3.58. The number of amides is 1. The second-order valence-corrected chi connectivity index (χ2v) is 7.65.